The van der Waals surface area contributed by atoms with E-state index in [1.54, 1.807) is 14.2 Å². The largest absolute Gasteiger partial charge is 0.493 e. The molecule has 0 aliphatic rings. The molecular weight excluding hydrogens is 336 g/mol. The lowest BCUT2D eigenvalue weighted by Crippen LogP contribution is -2.28. The normalized spacial score (nSPS) is 10.3. The lowest BCUT2D eigenvalue weighted by molar-refractivity contribution is -0.120. The third kappa shape index (κ3) is 5.93. The van der Waals surface area contributed by atoms with Crippen LogP contribution in [0.5, 0.6) is 11.5 Å². The van der Waals surface area contributed by atoms with Crippen molar-refractivity contribution in [1.82, 2.24) is 10.6 Å². The summed E-state index contributed by atoms with van der Waals surface area (Å²) < 4.78 is 11.4. The third-order valence-corrected chi connectivity index (χ3v) is 3.51. The summed E-state index contributed by atoms with van der Waals surface area (Å²) in [6.45, 7) is 4.08. The fraction of sp³-hybridized carbons (Fsp3) is 0.533. The average Bonchev–Trinajstić information content (AvgIpc) is 2.48. The molecule has 0 spiro atoms. The van der Waals surface area contributed by atoms with Gasteiger partial charge in [-0.15, -0.1) is 0 Å². The minimum atomic E-state index is 0.0813. The van der Waals surface area contributed by atoms with Crippen molar-refractivity contribution in [3.63, 3.8) is 0 Å². The van der Waals surface area contributed by atoms with Crippen LogP contribution in [-0.4, -0.2) is 33.2 Å². The van der Waals surface area contributed by atoms with Crippen molar-refractivity contribution in [3.05, 3.63) is 22.2 Å². The summed E-state index contributed by atoms with van der Waals surface area (Å²) >= 11 is 3.46. The van der Waals surface area contributed by atoms with Gasteiger partial charge in [0.25, 0.3) is 0 Å². The van der Waals surface area contributed by atoms with Gasteiger partial charge in [-0.1, -0.05) is 6.92 Å². The van der Waals surface area contributed by atoms with Crippen LogP contribution in [0.2, 0.25) is 0 Å². The molecule has 1 aromatic rings. The quantitative estimate of drug-likeness (QED) is 0.665. The zero-order chi connectivity index (χ0) is 15.7. The van der Waals surface area contributed by atoms with Crippen molar-refractivity contribution in [2.45, 2.75) is 26.3 Å². The summed E-state index contributed by atoms with van der Waals surface area (Å²) in [5.41, 5.74) is 1.06. The molecule has 2 N–H and O–H groups in total. The fourth-order valence-corrected chi connectivity index (χ4v) is 2.51. The van der Waals surface area contributed by atoms with E-state index in [1.165, 1.54) is 0 Å². The van der Waals surface area contributed by atoms with Gasteiger partial charge in [0, 0.05) is 26.1 Å². The molecule has 0 aliphatic heterocycles. The highest BCUT2D eigenvalue weighted by Gasteiger charge is 2.10. The molecule has 0 atom stereocenters. The number of carbonyl (C=O) groups is 1. The highest BCUT2D eigenvalue weighted by atomic mass is 79.9. The van der Waals surface area contributed by atoms with Crippen LogP contribution in [0.15, 0.2) is 16.6 Å². The van der Waals surface area contributed by atoms with Crippen molar-refractivity contribution in [1.29, 1.82) is 0 Å². The molecule has 118 valence electrons. The van der Waals surface area contributed by atoms with Gasteiger partial charge in [0.05, 0.1) is 18.7 Å². The molecule has 0 radical (unpaired) electrons. The lowest BCUT2D eigenvalue weighted by Gasteiger charge is -2.12. The number of halogens is 1. The van der Waals surface area contributed by atoms with E-state index in [-0.39, 0.29) is 5.91 Å². The lowest BCUT2D eigenvalue weighted by atomic mass is 10.2. The fourth-order valence-electron chi connectivity index (χ4n) is 1.86. The molecule has 5 nitrogen and oxygen atoms in total. The summed E-state index contributed by atoms with van der Waals surface area (Å²) in [7, 11) is 3.22. The number of rotatable bonds is 9. The van der Waals surface area contributed by atoms with E-state index in [9.17, 15) is 4.79 Å². The molecule has 1 aromatic carbocycles. The van der Waals surface area contributed by atoms with Gasteiger partial charge >= 0.3 is 0 Å². The Labute approximate surface area is 134 Å². The van der Waals surface area contributed by atoms with Gasteiger partial charge in [-0.3, -0.25) is 4.79 Å². The SMILES string of the molecule is CCCNC(=O)CCNCc1cc(Br)c(OC)c(OC)c1. The van der Waals surface area contributed by atoms with Crippen molar-refractivity contribution in [2.75, 3.05) is 27.3 Å². The van der Waals surface area contributed by atoms with E-state index < -0.39 is 0 Å². The predicted molar refractivity (Wildman–Crippen MR) is 86.9 cm³/mol. The van der Waals surface area contributed by atoms with Gasteiger partial charge in [-0.2, -0.15) is 0 Å². The molecule has 0 saturated heterocycles. The molecule has 0 saturated carbocycles. The van der Waals surface area contributed by atoms with Crippen LogP contribution in [-0.2, 0) is 11.3 Å². The smallest absolute Gasteiger partial charge is 0.221 e. The second kappa shape index (κ2) is 9.63. The molecule has 1 rings (SSSR count). The number of benzene rings is 1. The molecule has 21 heavy (non-hydrogen) atoms. The Kier molecular flexibility index (Phi) is 8.15. The van der Waals surface area contributed by atoms with Gasteiger partial charge in [0.1, 0.15) is 0 Å². The van der Waals surface area contributed by atoms with Crippen LogP contribution in [0.1, 0.15) is 25.3 Å². The zero-order valence-corrected chi connectivity index (χ0v) is 14.4. The first-order valence-corrected chi connectivity index (χ1v) is 7.79. The van der Waals surface area contributed by atoms with Gasteiger partial charge in [0.15, 0.2) is 11.5 Å². The van der Waals surface area contributed by atoms with Gasteiger partial charge < -0.3 is 20.1 Å². The molecule has 0 heterocycles. The standard InChI is InChI=1S/C15H23BrN2O3/c1-4-6-18-14(19)5-7-17-10-11-8-12(16)15(21-3)13(9-11)20-2/h8-9,17H,4-7,10H2,1-3H3,(H,18,19). The van der Waals surface area contributed by atoms with Crippen LogP contribution in [0.25, 0.3) is 0 Å². The van der Waals surface area contributed by atoms with Crippen LogP contribution in [0.3, 0.4) is 0 Å². The molecule has 0 unspecified atom stereocenters. The van der Waals surface area contributed by atoms with E-state index in [0.29, 0.717) is 31.0 Å². The van der Waals surface area contributed by atoms with E-state index in [0.717, 1.165) is 23.0 Å². The highest BCUT2D eigenvalue weighted by molar-refractivity contribution is 9.10. The van der Waals surface area contributed by atoms with Gasteiger partial charge in [-0.25, -0.2) is 0 Å². The number of amides is 1. The van der Waals surface area contributed by atoms with Crippen molar-refractivity contribution in [2.24, 2.45) is 0 Å². The molecule has 0 aliphatic carbocycles. The highest BCUT2D eigenvalue weighted by Crippen LogP contribution is 2.36. The van der Waals surface area contributed by atoms with Crippen molar-refractivity contribution < 1.29 is 14.3 Å². The Balaban J connectivity index is 2.45. The van der Waals surface area contributed by atoms with Gasteiger partial charge in [-0.05, 0) is 40.0 Å². The number of nitrogens with one attached hydrogen (secondary N) is 2. The predicted octanol–water partition coefficient (Wildman–Crippen LogP) is 2.47. The summed E-state index contributed by atoms with van der Waals surface area (Å²) in [5, 5.41) is 6.10. The summed E-state index contributed by atoms with van der Waals surface area (Å²) in [6, 6.07) is 3.90. The molecular formula is C15H23BrN2O3. The van der Waals surface area contributed by atoms with E-state index in [4.69, 9.17) is 9.47 Å². The van der Waals surface area contributed by atoms with Crippen LogP contribution < -0.4 is 20.1 Å². The summed E-state index contributed by atoms with van der Waals surface area (Å²) in [4.78, 5) is 11.5. The Hall–Kier alpha value is -1.27. The first-order chi connectivity index (χ1) is 10.1. The molecule has 0 aromatic heterocycles. The second-order valence-corrected chi connectivity index (χ2v) is 5.44. The first kappa shape index (κ1) is 17.8. The molecule has 0 fully saturated rings. The maximum absolute atomic E-state index is 11.5. The minimum absolute atomic E-state index is 0.0813. The monoisotopic (exact) mass is 358 g/mol. The maximum Gasteiger partial charge on any atom is 0.221 e. The summed E-state index contributed by atoms with van der Waals surface area (Å²) in [6.07, 6.45) is 1.44. The number of carbonyl (C=O) groups excluding carboxylic acids is 1. The number of methoxy groups -OCH3 is 2. The van der Waals surface area contributed by atoms with Crippen LogP contribution in [0, 0.1) is 0 Å². The Bertz CT molecular complexity index is 466. The third-order valence-electron chi connectivity index (χ3n) is 2.92. The first-order valence-electron chi connectivity index (χ1n) is 7.00. The Morgan fingerprint density at radius 3 is 2.62 bits per heavy atom. The Morgan fingerprint density at radius 2 is 2.00 bits per heavy atom. The zero-order valence-electron chi connectivity index (χ0n) is 12.8. The number of hydrogen-bond acceptors (Lipinski definition) is 4. The van der Waals surface area contributed by atoms with Crippen LogP contribution >= 0.6 is 15.9 Å². The number of hydrogen-bond donors (Lipinski definition) is 2. The summed E-state index contributed by atoms with van der Waals surface area (Å²) in [5.74, 6) is 1.45. The second-order valence-electron chi connectivity index (χ2n) is 4.59. The van der Waals surface area contributed by atoms with Crippen molar-refractivity contribution in [3.8, 4) is 11.5 Å². The topological polar surface area (TPSA) is 59.6 Å². The van der Waals surface area contributed by atoms with E-state index in [2.05, 4.69) is 26.6 Å². The minimum Gasteiger partial charge on any atom is -0.493 e. The van der Waals surface area contributed by atoms with E-state index in [1.807, 2.05) is 19.1 Å². The van der Waals surface area contributed by atoms with Crippen LogP contribution in [0.4, 0.5) is 0 Å². The Morgan fingerprint density at radius 1 is 1.24 bits per heavy atom. The van der Waals surface area contributed by atoms with E-state index >= 15 is 0 Å². The van der Waals surface area contributed by atoms with Gasteiger partial charge in [0.2, 0.25) is 5.91 Å². The molecule has 1 amide bonds. The van der Waals surface area contributed by atoms with Crippen molar-refractivity contribution >= 4 is 21.8 Å². The molecule has 6 heteroatoms. The maximum atomic E-state index is 11.5. The average molecular weight is 359 g/mol. The molecule has 0 bridgehead atoms. The number of ether oxygens (including phenoxy) is 2.